The van der Waals surface area contributed by atoms with E-state index in [9.17, 15) is 0 Å². The third-order valence-corrected chi connectivity index (χ3v) is 5.05. The molecule has 1 saturated carbocycles. The highest BCUT2D eigenvalue weighted by Gasteiger charge is 2.31. The highest BCUT2D eigenvalue weighted by molar-refractivity contribution is 8.00. The minimum atomic E-state index is 0.270. The Balaban J connectivity index is 2.08. The van der Waals surface area contributed by atoms with Crippen molar-refractivity contribution in [3.63, 3.8) is 0 Å². The second-order valence-electron chi connectivity index (χ2n) is 4.50. The summed E-state index contributed by atoms with van der Waals surface area (Å²) in [5.74, 6) is 0. The van der Waals surface area contributed by atoms with Crippen molar-refractivity contribution in [3.05, 3.63) is 29.3 Å². The molecule has 1 nitrogen and oxygen atoms in total. The van der Waals surface area contributed by atoms with Crippen LogP contribution in [-0.4, -0.2) is 11.3 Å². The van der Waals surface area contributed by atoms with E-state index in [1.807, 2.05) is 23.9 Å². The van der Waals surface area contributed by atoms with Gasteiger partial charge in [-0.1, -0.05) is 30.9 Å². The minimum absolute atomic E-state index is 0.270. The first-order chi connectivity index (χ1) is 7.74. The quantitative estimate of drug-likeness (QED) is 0.880. The third kappa shape index (κ3) is 2.93. The Bertz CT molecular complexity index is 330. The second-order valence-corrected chi connectivity index (χ2v) is 6.48. The average molecular weight is 256 g/mol. The summed E-state index contributed by atoms with van der Waals surface area (Å²) in [6.07, 6.45) is 6.49. The maximum absolute atomic E-state index is 5.97. The van der Waals surface area contributed by atoms with Gasteiger partial charge in [0.25, 0.3) is 0 Å². The molecule has 0 radical (unpaired) electrons. The first-order valence-corrected chi connectivity index (χ1v) is 7.08. The van der Waals surface area contributed by atoms with Gasteiger partial charge in [0.1, 0.15) is 0 Å². The smallest absolute Gasteiger partial charge is 0.0406 e. The summed E-state index contributed by atoms with van der Waals surface area (Å²) < 4.78 is 0.270. The molecule has 0 spiro atoms. The summed E-state index contributed by atoms with van der Waals surface area (Å²) in [4.78, 5) is 1.29. The van der Waals surface area contributed by atoms with Gasteiger partial charge in [-0.05, 0) is 37.1 Å². The lowest BCUT2D eigenvalue weighted by molar-refractivity contribution is 0.404. The number of benzene rings is 1. The normalized spacial score (nSPS) is 19.6. The van der Waals surface area contributed by atoms with E-state index >= 15 is 0 Å². The van der Waals surface area contributed by atoms with E-state index in [2.05, 4.69) is 12.1 Å². The lowest BCUT2D eigenvalue weighted by Gasteiger charge is -2.35. The summed E-state index contributed by atoms with van der Waals surface area (Å²) in [5.41, 5.74) is 5.97. The molecular formula is C13H18ClNS. The van der Waals surface area contributed by atoms with Crippen molar-refractivity contribution in [1.82, 2.24) is 0 Å². The van der Waals surface area contributed by atoms with E-state index in [0.29, 0.717) is 0 Å². The lowest BCUT2D eigenvalue weighted by Crippen LogP contribution is -2.36. The van der Waals surface area contributed by atoms with Crippen molar-refractivity contribution in [2.24, 2.45) is 5.73 Å². The molecule has 0 bridgehead atoms. The van der Waals surface area contributed by atoms with Gasteiger partial charge in [-0.25, -0.2) is 0 Å². The van der Waals surface area contributed by atoms with Gasteiger partial charge < -0.3 is 5.73 Å². The van der Waals surface area contributed by atoms with Crippen LogP contribution in [0.1, 0.15) is 32.1 Å². The molecule has 1 aromatic carbocycles. The Hall–Kier alpha value is -0.180. The summed E-state index contributed by atoms with van der Waals surface area (Å²) in [6.45, 7) is 0.778. The standard InChI is InChI=1S/C13H18ClNS/c14-11-4-6-12(7-5-11)16-13(10-15)8-2-1-3-9-13/h4-7H,1-3,8-10,15H2. The fraction of sp³-hybridized carbons (Fsp3) is 0.538. The number of thioether (sulfide) groups is 1. The molecule has 1 aliphatic carbocycles. The van der Waals surface area contributed by atoms with Crippen LogP contribution in [0.15, 0.2) is 29.2 Å². The topological polar surface area (TPSA) is 26.0 Å². The van der Waals surface area contributed by atoms with E-state index in [-0.39, 0.29) is 4.75 Å². The van der Waals surface area contributed by atoms with E-state index < -0.39 is 0 Å². The lowest BCUT2D eigenvalue weighted by atomic mass is 9.88. The first-order valence-electron chi connectivity index (χ1n) is 5.89. The van der Waals surface area contributed by atoms with Crippen molar-refractivity contribution in [2.75, 3.05) is 6.54 Å². The molecule has 1 aromatic rings. The highest BCUT2D eigenvalue weighted by atomic mass is 35.5. The number of hydrogen-bond donors (Lipinski definition) is 1. The summed E-state index contributed by atoms with van der Waals surface area (Å²) in [6, 6.07) is 8.10. The molecule has 0 atom stereocenters. The van der Waals surface area contributed by atoms with Crippen molar-refractivity contribution < 1.29 is 0 Å². The summed E-state index contributed by atoms with van der Waals surface area (Å²) >= 11 is 7.83. The predicted molar refractivity (Wildman–Crippen MR) is 72.2 cm³/mol. The van der Waals surface area contributed by atoms with Crippen LogP contribution in [-0.2, 0) is 0 Å². The van der Waals surface area contributed by atoms with Crippen molar-refractivity contribution in [3.8, 4) is 0 Å². The van der Waals surface area contributed by atoms with Crippen molar-refractivity contribution in [1.29, 1.82) is 0 Å². The molecule has 0 unspecified atom stereocenters. The molecule has 2 N–H and O–H groups in total. The Labute approximate surface area is 107 Å². The molecule has 1 aliphatic rings. The predicted octanol–water partition coefficient (Wildman–Crippen LogP) is 4.09. The van der Waals surface area contributed by atoms with Crippen LogP contribution in [0.25, 0.3) is 0 Å². The first kappa shape index (κ1) is 12.3. The van der Waals surface area contributed by atoms with Crippen LogP contribution < -0.4 is 5.73 Å². The van der Waals surface area contributed by atoms with E-state index in [0.717, 1.165) is 11.6 Å². The zero-order valence-electron chi connectivity index (χ0n) is 9.42. The van der Waals surface area contributed by atoms with E-state index in [1.165, 1.54) is 37.0 Å². The van der Waals surface area contributed by atoms with Gasteiger partial charge in [-0.3, -0.25) is 0 Å². The van der Waals surface area contributed by atoms with Crippen LogP contribution in [0.5, 0.6) is 0 Å². The van der Waals surface area contributed by atoms with Crippen LogP contribution >= 0.6 is 23.4 Å². The fourth-order valence-corrected chi connectivity index (χ4v) is 3.77. The third-order valence-electron chi connectivity index (χ3n) is 3.28. The number of hydrogen-bond acceptors (Lipinski definition) is 2. The SMILES string of the molecule is NCC1(Sc2ccc(Cl)cc2)CCCCC1. The molecule has 0 saturated heterocycles. The maximum Gasteiger partial charge on any atom is 0.0406 e. The van der Waals surface area contributed by atoms with Crippen molar-refractivity contribution >= 4 is 23.4 Å². The van der Waals surface area contributed by atoms with Gasteiger partial charge in [0, 0.05) is 21.2 Å². The molecule has 0 amide bonds. The van der Waals surface area contributed by atoms with Gasteiger partial charge in [-0.15, -0.1) is 11.8 Å². The van der Waals surface area contributed by atoms with Gasteiger partial charge in [0.05, 0.1) is 0 Å². The van der Waals surface area contributed by atoms with E-state index in [4.69, 9.17) is 17.3 Å². The zero-order valence-corrected chi connectivity index (χ0v) is 11.0. The van der Waals surface area contributed by atoms with Crippen LogP contribution in [0.2, 0.25) is 5.02 Å². The van der Waals surface area contributed by atoms with Crippen molar-refractivity contribution in [2.45, 2.75) is 41.7 Å². The molecule has 0 heterocycles. The van der Waals surface area contributed by atoms with Gasteiger partial charge >= 0.3 is 0 Å². The van der Waals surface area contributed by atoms with Crippen LogP contribution in [0.4, 0.5) is 0 Å². The van der Waals surface area contributed by atoms with Gasteiger partial charge in [0.15, 0.2) is 0 Å². The average Bonchev–Trinajstić information content (AvgIpc) is 2.33. The molecule has 16 heavy (non-hydrogen) atoms. The number of halogens is 1. The molecule has 3 heteroatoms. The Morgan fingerprint density at radius 3 is 2.31 bits per heavy atom. The maximum atomic E-state index is 5.97. The van der Waals surface area contributed by atoms with Crippen LogP contribution in [0.3, 0.4) is 0 Å². The van der Waals surface area contributed by atoms with Gasteiger partial charge in [-0.2, -0.15) is 0 Å². The fourth-order valence-electron chi connectivity index (χ4n) is 2.30. The summed E-state index contributed by atoms with van der Waals surface area (Å²) in [5, 5.41) is 0.801. The molecular weight excluding hydrogens is 238 g/mol. The Kier molecular flexibility index (Phi) is 4.17. The van der Waals surface area contributed by atoms with Crippen LogP contribution in [0, 0.1) is 0 Å². The van der Waals surface area contributed by atoms with Gasteiger partial charge in [0.2, 0.25) is 0 Å². The zero-order chi connectivity index (χ0) is 11.4. The molecule has 0 aromatic heterocycles. The van der Waals surface area contributed by atoms with E-state index in [1.54, 1.807) is 0 Å². The minimum Gasteiger partial charge on any atom is -0.329 e. The second kappa shape index (κ2) is 5.44. The molecule has 0 aliphatic heterocycles. The molecule has 1 fully saturated rings. The monoisotopic (exact) mass is 255 g/mol. The summed E-state index contributed by atoms with van der Waals surface area (Å²) in [7, 11) is 0. The highest BCUT2D eigenvalue weighted by Crippen LogP contribution is 2.43. The largest absolute Gasteiger partial charge is 0.329 e. The number of rotatable bonds is 3. The Morgan fingerprint density at radius 2 is 1.75 bits per heavy atom. The molecule has 88 valence electrons. The number of nitrogens with two attached hydrogens (primary N) is 1. The Morgan fingerprint density at radius 1 is 1.12 bits per heavy atom. The molecule has 2 rings (SSSR count).